The highest BCUT2D eigenvalue weighted by Gasteiger charge is 2.31. The van der Waals surface area contributed by atoms with Crippen LogP contribution >= 0.6 is 0 Å². The van der Waals surface area contributed by atoms with E-state index >= 15 is 0 Å². The van der Waals surface area contributed by atoms with Gasteiger partial charge in [-0.25, -0.2) is 0 Å². The number of Topliss-reactive ketones (excluding diaryl/α,β-unsaturated/α-hetero) is 1. The molecule has 2 N–H and O–H groups in total. The molecule has 0 spiro atoms. The van der Waals surface area contributed by atoms with Crippen molar-refractivity contribution >= 4 is 5.78 Å². The standard InChI is InChI=1S/C11H21NO2/c1-3-4-8(2)11(13)10-6-5-9(7-12)14-10/h8-10H,3-7,12H2,1-2H3. The Balaban J connectivity index is 2.38. The topological polar surface area (TPSA) is 52.3 Å². The summed E-state index contributed by atoms with van der Waals surface area (Å²) in [4.78, 5) is 11.8. The van der Waals surface area contributed by atoms with Crippen LogP contribution in [0.5, 0.6) is 0 Å². The van der Waals surface area contributed by atoms with Crippen molar-refractivity contribution in [1.82, 2.24) is 0 Å². The predicted octanol–water partition coefficient (Wildman–Crippen LogP) is 1.50. The quantitative estimate of drug-likeness (QED) is 0.730. The van der Waals surface area contributed by atoms with Crippen LogP contribution in [0.25, 0.3) is 0 Å². The number of nitrogens with two attached hydrogens (primary N) is 1. The van der Waals surface area contributed by atoms with Gasteiger partial charge in [0.1, 0.15) is 6.10 Å². The van der Waals surface area contributed by atoms with Crippen LogP contribution in [0.4, 0.5) is 0 Å². The summed E-state index contributed by atoms with van der Waals surface area (Å²) >= 11 is 0. The summed E-state index contributed by atoms with van der Waals surface area (Å²) in [6, 6.07) is 0. The maximum Gasteiger partial charge on any atom is 0.164 e. The minimum Gasteiger partial charge on any atom is -0.366 e. The van der Waals surface area contributed by atoms with E-state index in [1.54, 1.807) is 0 Å². The Hall–Kier alpha value is -0.410. The second-order valence-corrected chi connectivity index (χ2v) is 4.15. The van der Waals surface area contributed by atoms with Gasteiger partial charge >= 0.3 is 0 Å². The molecule has 0 aromatic heterocycles. The average molecular weight is 199 g/mol. The third-order valence-electron chi connectivity index (χ3n) is 2.90. The Kier molecular flexibility index (Phi) is 4.55. The Bertz CT molecular complexity index is 194. The van der Waals surface area contributed by atoms with Crippen molar-refractivity contribution < 1.29 is 9.53 Å². The number of hydrogen-bond donors (Lipinski definition) is 1. The summed E-state index contributed by atoms with van der Waals surface area (Å²) in [5, 5.41) is 0. The number of ether oxygens (including phenoxy) is 1. The molecule has 1 aliphatic rings. The summed E-state index contributed by atoms with van der Waals surface area (Å²) in [5.41, 5.74) is 5.49. The molecule has 0 aromatic rings. The first-order valence-corrected chi connectivity index (χ1v) is 5.58. The van der Waals surface area contributed by atoms with E-state index in [4.69, 9.17) is 10.5 Å². The molecule has 3 nitrogen and oxygen atoms in total. The van der Waals surface area contributed by atoms with Crippen molar-refractivity contribution in [3.05, 3.63) is 0 Å². The monoisotopic (exact) mass is 199 g/mol. The Labute approximate surface area is 86.0 Å². The van der Waals surface area contributed by atoms with Gasteiger partial charge in [0.15, 0.2) is 5.78 Å². The molecule has 0 saturated carbocycles. The Morgan fingerprint density at radius 1 is 1.57 bits per heavy atom. The van der Waals surface area contributed by atoms with Crippen molar-refractivity contribution in [3.63, 3.8) is 0 Å². The third-order valence-corrected chi connectivity index (χ3v) is 2.90. The zero-order valence-corrected chi connectivity index (χ0v) is 9.16. The van der Waals surface area contributed by atoms with Crippen LogP contribution < -0.4 is 5.73 Å². The number of ketones is 1. The highest BCUT2D eigenvalue weighted by molar-refractivity contribution is 5.85. The van der Waals surface area contributed by atoms with E-state index in [9.17, 15) is 4.79 Å². The van der Waals surface area contributed by atoms with Crippen LogP contribution in [-0.2, 0) is 9.53 Å². The van der Waals surface area contributed by atoms with E-state index in [0.29, 0.717) is 6.54 Å². The molecule has 0 radical (unpaired) electrons. The van der Waals surface area contributed by atoms with E-state index in [-0.39, 0.29) is 23.9 Å². The van der Waals surface area contributed by atoms with Gasteiger partial charge in [0.05, 0.1) is 6.10 Å². The van der Waals surface area contributed by atoms with Gasteiger partial charge in [0.2, 0.25) is 0 Å². The van der Waals surface area contributed by atoms with Crippen molar-refractivity contribution in [3.8, 4) is 0 Å². The highest BCUT2D eigenvalue weighted by Crippen LogP contribution is 2.23. The molecule has 3 unspecified atom stereocenters. The summed E-state index contributed by atoms with van der Waals surface area (Å²) in [5.74, 6) is 0.407. The van der Waals surface area contributed by atoms with Crippen molar-refractivity contribution in [2.24, 2.45) is 11.7 Å². The van der Waals surface area contributed by atoms with Crippen molar-refractivity contribution in [1.29, 1.82) is 0 Å². The fourth-order valence-electron chi connectivity index (χ4n) is 1.98. The molecule has 1 aliphatic heterocycles. The lowest BCUT2D eigenvalue weighted by molar-refractivity contribution is -0.133. The van der Waals surface area contributed by atoms with E-state index in [0.717, 1.165) is 25.7 Å². The van der Waals surface area contributed by atoms with E-state index in [1.165, 1.54) is 0 Å². The van der Waals surface area contributed by atoms with Gasteiger partial charge in [-0.1, -0.05) is 20.3 Å². The molecule has 1 saturated heterocycles. The molecule has 1 rings (SSSR count). The molecule has 3 atom stereocenters. The Morgan fingerprint density at radius 2 is 2.29 bits per heavy atom. The van der Waals surface area contributed by atoms with Crippen molar-refractivity contribution in [2.75, 3.05) is 6.54 Å². The van der Waals surface area contributed by atoms with Gasteiger partial charge in [-0.2, -0.15) is 0 Å². The van der Waals surface area contributed by atoms with Crippen LogP contribution in [0, 0.1) is 5.92 Å². The second kappa shape index (κ2) is 5.47. The average Bonchev–Trinajstić information content (AvgIpc) is 2.65. The molecule has 3 heteroatoms. The molecule has 0 bridgehead atoms. The zero-order valence-electron chi connectivity index (χ0n) is 9.16. The number of carbonyl (C=O) groups is 1. The van der Waals surface area contributed by atoms with E-state index < -0.39 is 0 Å². The number of rotatable bonds is 5. The van der Waals surface area contributed by atoms with Gasteiger partial charge in [-0.3, -0.25) is 4.79 Å². The van der Waals surface area contributed by atoms with Gasteiger partial charge in [0.25, 0.3) is 0 Å². The second-order valence-electron chi connectivity index (χ2n) is 4.15. The van der Waals surface area contributed by atoms with Crippen molar-refractivity contribution in [2.45, 2.75) is 51.7 Å². The smallest absolute Gasteiger partial charge is 0.164 e. The Morgan fingerprint density at radius 3 is 2.79 bits per heavy atom. The third kappa shape index (κ3) is 2.79. The summed E-state index contributed by atoms with van der Waals surface area (Å²) in [6.45, 7) is 4.62. The maximum absolute atomic E-state index is 11.8. The van der Waals surface area contributed by atoms with Crippen LogP contribution in [0.1, 0.15) is 39.5 Å². The van der Waals surface area contributed by atoms with Gasteiger partial charge in [0, 0.05) is 12.5 Å². The van der Waals surface area contributed by atoms with Crippen LogP contribution in [0.3, 0.4) is 0 Å². The van der Waals surface area contributed by atoms with E-state index in [1.807, 2.05) is 6.92 Å². The van der Waals surface area contributed by atoms with Crippen LogP contribution in [0.2, 0.25) is 0 Å². The highest BCUT2D eigenvalue weighted by atomic mass is 16.5. The zero-order chi connectivity index (χ0) is 10.6. The van der Waals surface area contributed by atoms with E-state index in [2.05, 4.69) is 6.92 Å². The van der Waals surface area contributed by atoms with Crippen LogP contribution in [-0.4, -0.2) is 24.5 Å². The number of hydrogen-bond acceptors (Lipinski definition) is 3. The first-order valence-electron chi connectivity index (χ1n) is 5.58. The lowest BCUT2D eigenvalue weighted by Gasteiger charge is -2.15. The molecule has 0 amide bonds. The summed E-state index contributed by atoms with van der Waals surface area (Å²) < 4.78 is 5.57. The fourth-order valence-corrected chi connectivity index (χ4v) is 1.98. The minimum atomic E-state index is -0.176. The maximum atomic E-state index is 11.8. The molecule has 1 heterocycles. The normalized spacial score (nSPS) is 29.1. The molecule has 14 heavy (non-hydrogen) atoms. The molecule has 0 aliphatic carbocycles. The largest absolute Gasteiger partial charge is 0.366 e. The molecule has 82 valence electrons. The van der Waals surface area contributed by atoms with Gasteiger partial charge in [-0.05, 0) is 19.3 Å². The van der Waals surface area contributed by atoms with Gasteiger partial charge in [-0.15, -0.1) is 0 Å². The lowest BCUT2D eigenvalue weighted by atomic mass is 9.96. The molecule has 0 aromatic carbocycles. The van der Waals surface area contributed by atoms with Crippen LogP contribution in [0.15, 0.2) is 0 Å². The van der Waals surface area contributed by atoms with Gasteiger partial charge < -0.3 is 10.5 Å². The first-order chi connectivity index (χ1) is 6.69. The summed E-state index contributed by atoms with van der Waals surface area (Å²) in [7, 11) is 0. The lowest BCUT2D eigenvalue weighted by Crippen LogP contribution is -2.28. The predicted molar refractivity (Wildman–Crippen MR) is 56.0 cm³/mol. The SMILES string of the molecule is CCCC(C)C(=O)C1CCC(CN)O1. The molecule has 1 fully saturated rings. The summed E-state index contributed by atoms with van der Waals surface area (Å²) in [6.07, 6.45) is 3.75. The molecular weight excluding hydrogens is 178 g/mol. The molecular formula is C11H21NO2. The minimum absolute atomic E-state index is 0.109. The number of carbonyl (C=O) groups excluding carboxylic acids is 1. The first kappa shape index (κ1) is 11.7. The fraction of sp³-hybridized carbons (Fsp3) is 0.909.